The summed E-state index contributed by atoms with van der Waals surface area (Å²) in [5, 5.41) is 6.71. The molecule has 0 spiro atoms. The smallest absolute Gasteiger partial charge is 0.191 e. The minimum Gasteiger partial charge on any atom is -0.493 e. The van der Waals surface area contributed by atoms with E-state index in [1.807, 2.05) is 18.2 Å². The van der Waals surface area contributed by atoms with E-state index < -0.39 is 0 Å². The van der Waals surface area contributed by atoms with Crippen molar-refractivity contribution in [2.24, 2.45) is 4.99 Å². The first kappa shape index (κ1) is 25.8. The zero-order chi connectivity index (χ0) is 19.5. The molecule has 0 fully saturated rings. The maximum Gasteiger partial charge on any atom is 0.191 e. The van der Waals surface area contributed by atoms with Gasteiger partial charge >= 0.3 is 0 Å². The Kier molecular flexibility index (Phi) is 13.2. The molecule has 0 amide bonds. The summed E-state index contributed by atoms with van der Waals surface area (Å²) in [5.74, 6) is 2.27. The molecular formula is C20H37IN4O2. The number of halogens is 1. The third-order valence-corrected chi connectivity index (χ3v) is 4.37. The number of methoxy groups -OCH3 is 2. The summed E-state index contributed by atoms with van der Waals surface area (Å²) in [5.41, 5.74) is 1.03. The van der Waals surface area contributed by atoms with Gasteiger partial charge in [0.2, 0.25) is 0 Å². The van der Waals surface area contributed by atoms with Gasteiger partial charge < -0.3 is 20.1 Å². The summed E-state index contributed by atoms with van der Waals surface area (Å²) in [6, 6.07) is 7.00. The van der Waals surface area contributed by atoms with Gasteiger partial charge in [-0.05, 0) is 40.2 Å². The van der Waals surface area contributed by atoms with Crippen molar-refractivity contribution >= 4 is 29.9 Å². The zero-order valence-electron chi connectivity index (χ0n) is 17.8. The fourth-order valence-electron chi connectivity index (χ4n) is 3.07. The van der Waals surface area contributed by atoms with Crippen LogP contribution < -0.4 is 20.1 Å². The summed E-state index contributed by atoms with van der Waals surface area (Å²) < 4.78 is 10.8. The van der Waals surface area contributed by atoms with E-state index in [4.69, 9.17) is 9.47 Å². The second-order valence-electron chi connectivity index (χ2n) is 6.78. The van der Waals surface area contributed by atoms with Gasteiger partial charge in [0.25, 0.3) is 0 Å². The van der Waals surface area contributed by atoms with Gasteiger partial charge in [0, 0.05) is 44.3 Å². The molecule has 0 radical (unpaired) electrons. The van der Waals surface area contributed by atoms with Gasteiger partial charge in [0.15, 0.2) is 17.5 Å². The average molecular weight is 492 g/mol. The Morgan fingerprint density at radius 2 is 1.74 bits per heavy atom. The van der Waals surface area contributed by atoms with E-state index in [1.54, 1.807) is 21.3 Å². The van der Waals surface area contributed by atoms with Gasteiger partial charge in [-0.15, -0.1) is 24.0 Å². The lowest BCUT2D eigenvalue weighted by Crippen LogP contribution is -2.41. The predicted octanol–water partition coefficient (Wildman–Crippen LogP) is 3.50. The molecule has 1 aromatic rings. The Labute approximate surface area is 182 Å². The second kappa shape index (κ2) is 13.9. The van der Waals surface area contributed by atoms with E-state index in [0.717, 1.165) is 42.5 Å². The molecule has 0 aliphatic rings. The Hall–Kier alpha value is -1.22. The third kappa shape index (κ3) is 8.55. The van der Waals surface area contributed by atoms with Gasteiger partial charge in [0.05, 0.1) is 14.2 Å². The van der Waals surface area contributed by atoms with Crippen LogP contribution >= 0.6 is 24.0 Å². The molecule has 156 valence electrons. The third-order valence-electron chi connectivity index (χ3n) is 4.37. The second-order valence-corrected chi connectivity index (χ2v) is 6.78. The summed E-state index contributed by atoms with van der Waals surface area (Å²) >= 11 is 0. The van der Waals surface area contributed by atoms with Crippen LogP contribution in [0.25, 0.3) is 0 Å². The topological polar surface area (TPSA) is 58.1 Å². The molecule has 7 heteroatoms. The minimum atomic E-state index is 0. The number of rotatable bonds is 10. The van der Waals surface area contributed by atoms with Crippen LogP contribution in [0.4, 0.5) is 0 Å². The highest BCUT2D eigenvalue weighted by Gasteiger charge is 2.13. The van der Waals surface area contributed by atoms with Gasteiger partial charge in [-0.25, -0.2) is 0 Å². The Morgan fingerprint density at radius 1 is 1.07 bits per heavy atom. The zero-order valence-corrected chi connectivity index (χ0v) is 20.2. The van der Waals surface area contributed by atoms with E-state index in [0.29, 0.717) is 18.6 Å². The highest BCUT2D eigenvalue weighted by molar-refractivity contribution is 14.0. The normalized spacial score (nSPS) is 11.6. The van der Waals surface area contributed by atoms with Crippen LogP contribution in [-0.2, 0) is 6.54 Å². The molecule has 2 N–H and O–H groups in total. The quantitative estimate of drug-likeness (QED) is 0.227. The predicted molar refractivity (Wildman–Crippen MR) is 125 cm³/mol. The van der Waals surface area contributed by atoms with Crippen molar-refractivity contribution in [2.75, 3.05) is 34.4 Å². The number of benzene rings is 1. The maximum absolute atomic E-state index is 5.47. The lowest BCUT2D eigenvalue weighted by molar-refractivity contribution is 0.173. The fourth-order valence-corrected chi connectivity index (χ4v) is 3.07. The summed E-state index contributed by atoms with van der Waals surface area (Å²) in [4.78, 5) is 6.80. The van der Waals surface area contributed by atoms with E-state index in [2.05, 4.69) is 48.2 Å². The van der Waals surface area contributed by atoms with Crippen LogP contribution in [0.1, 0.15) is 39.7 Å². The lowest BCUT2D eigenvalue weighted by Gasteiger charge is -2.30. The molecule has 27 heavy (non-hydrogen) atoms. The van der Waals surface area contributed by atoms with Crippen LogP contribution in [0.3, 0.4) is 0 Å². The summed E-state index contributed by atoms with van der Waals surface area (Å²) in [6.07, 6.45) is 1.07. The van der Waals surface area contributed by atoms with Crippen LogP contribution in [0.15, 0.2) is 23.2 Å². The van der Waals surface area contributed by atoms with Gasteiger partial charge in [-0.2, -0.15) is 0 Å². The van der Waals surface area contributed by atoms with E-state index in [9.17, 15) is 0 Å². The molecule has 0 unspecified atom stereocenters. The molecule has 1 aromatic carbocycles. The van der Waals surface area contributed by atoms with Crippen LogP contribution in [0.5, 0.6) is 11.5 Å². The van der Waals surface area contributed by atoms with Gasteiger partial charge in [-0.3, -0.25) is 9.89 Å². The van der Waals surface area contributed by atoms with Crippen molar-refractivity contribution in [1.29, 1.82) is 0 Å². The number of nitrogens with one attached hydrogen (secondary N) is 2. The monoisotopic (exact) mass is 492 g/mol. The molecule has 0 aliphatic heterocycles. The number of ether oxygens (including phenoxy) is 2. The molecule has 1 rings (SSSR count). The molecule has 0 saturated carbocycles. The van der Waals surface area contributed by atoms with Crippen molar-refractivity contribution in [3.63, 3.8) is 0 Å². The van der Waals surface area contributed by atoms with Crippen LogP contribution in [-0.4, -0.2) is 57.3 Å². The lowest BCUT2D eigenvalue weighted by atomic mass is 10.2. The number of hydrogen-bond donors (Lipinski definition) is 2. The Balaban J connectivity index is 0.00000676. The van der Waals surface area contributed by atoms with Crippen molar-refractivity contribution in [3.05, 3.63) is 23.8 Å². The van der Waals surface area contributed by atoms with E-state index in [-0.39, 0.29) is 24.0 Å². The SMILES string of the molecule is CN=C(NCCCN(C(C)C)C(C)C)NCc1cccc(OC)c1OC.I. The molecule has 0 aromatic heterocycles. The molecule has 0 saturated heterocycles. The highest BCUT2D eigenvalue weighted by Crippen LogP contribution is 2.30. The number of para-hydroxylation sites is 1. The number of aliphatic imine (C=N–C) groups is 1. The first-order chi connectivity index (χ1) is 12.4. The largest absolute Gasteiger partial charge is 0.493 e. The van der Waals surface area contributed by atoms with Crippen molar-refractivity contribution in [1.82, 2.24) is 15.5 Å². The molecule has 0 atom stereocenters. The average Bonchev–Trinajstić information content (AvgIpc) is 2.62. The maximum atomic E-state index is 5.47. The molecule has 6 nitrogen and oxygen atoms in total. The molecule has 0 aliphatic carbocycles. The number of guanidine groups is 1. The highest BCUT2D eigenvalue weighted by atomic mass is 127. The first-order valence-electron chi connectivity index (χ1n) is 9.34. The number of nitrogens with zero attached hydrogens (tertiary/aromatic N) is 2. The van der Waals surface area contributed by atoms with Crippen LogP contribution in [0, 0.1) is 0 Å². The van der Waals surface area contributed by atoms with Crippen molar-refractivity contribution in [2.45, 2.75) is 52.7 Å². The first-order valence-corrected chi connectivity index (χ1v) is 9.34. The Morgan fingerprint density at radius 3 is 2.26 bits per heavy atom. The van der Waals surface area contributed by atoms with Crippen molar-refractivity contribution < 1.29 is 9.47 Å². The fraction of sp³-hybridized carbons (Fsp3) is 0.650. The Bertz CT molecular complexity index is 557. The van der Waals surface area contributed by atoms with E-state index in [1.165, 1.54) is 0 Å². The molecular weight excluding hydrogens is 455 g/mol. The molecule has 0 heterocycles. The summed E-state index contributed by atoms with van der Waals surface area (Å²) in [7, 11) is 5.09. The minimum absolute atomic E-state index is 0. The number of hydrogen-bond acceptors (Lipinski definition) is 4. The van der Waals surface area contributed by atoms with Gasteiger partial charge in [-0.1, -0.05) is 12.1 Å². The van der Waals surface area contributed by atoms with Crippen LogP contribution in [0.2, 0.25) is 0 Å². The summed E-state index contributed by atoms with van der Waals surface area (Å²) in [6.45, 7) is 11.5. The van der Waals surface area contributed by atoms with E-state index >= 15 is 0 Å². The standard InChI is InChI=1S/C20H36N4O2.HI/c1-15(2)24(16(3)4)13-9-12-22-20(21-5)23-14-17-10-8-11-18(25-6)19(17)26-7;/h8,10-11,15-16H,9,12-14H2,1-7H3,(H2,21,22,23);1H. The van der Waals surface area contributed by atoms with Crippen molar-refractivity contribution in [3.8, 4) is 11.5 Å². The molecule has 0 bridgehead atoms. The van der Waals surface area contributed by atoms with Gasteiger partial charge in [0.1, 0.15) is 0 Å².